The summed E-state index contributed by atoms with van der Waals surface area (Å²) < 4.78 is 0. The second-order valence-corrected chi connectivity index (χ2v) is 2.36. The lowest BCUT2D eigenvalue weighted by molar-refractivity contribution is 1.15. The van der Waals surface area contributed by atoms with Crippen molar-refractivity contribution in [2.75, 3.05) is 5.32 Å². The predicted octanol–water partition coefficient (Wildman–Crippen LogP) is 0.202. The maximum absolute atomic E-state index is 11.3. The number of hydrogen-bond acceptors (Lipinski definition) is 4. The molecular weight excluding hydrogens is 170 g/mol. The molecule has 0 fully saturated rings. The first-order valence-corrected chi connectivity index (χ1v) is 3.62. The van der Waals surface area contributed by atoms with E-state index in [2.05, 4.69) is 31.8 Å². The summed E-state index contributed by atoms with van der Waals surface area (Å²) in [6, 6.07) is 0. The smallest absolute Gasteiger partial charge is 0.278 e. The summed E-state index contributed by atoms with van der Waals surface area (Å²) >= 11 is 0. The minimum absolute atomic E-state index is 0.258. The first kappa shape index (κ1) is 7.53. The van der Waals surface area contributed by atoms with Crippen molar-refractivity contribution < 1.29 is 0 Å². The Balaban J connectivity index is 2.69. The highest BCUT2D eigenvalue weighted by Gasteiger charge is 2.03. The number of nitrogens with one attached hydrogen (secondary N) is 3. The van der Waals surface area contributed by atoms with Gasteiger partial charge in [0.1, 0.15) is 0 Å². The highest BCUT2D eigenvalue weighted by atomic mass is 16.1. The van der Waals surface area contributed by atoms with Crippen molar-refractivity contribution in [3.63, 3.8) is 0 Å². The summed E-state index contributed by atoms with van der Waals surface area (Å²) in [6.45, 7) is 3.45. The first-order chi connectivity index (χ1) is 6.31. The quantitative estimate of drug-likeness (QED) is 0.611. The summed E-state index contributed by atoms with van der Waals surface area (Å²) in [5, 5.41) is 2.67. The van der Waals surface area contributed by atoms with Crippen molar-refractivity contribution in [3.8, 4) is 0 Å². The van der Waals surface area contributed by atoms with Crippen LogP contribution in [0.4, 0.5) is 5.95 Å². The minimum Gasteiger partial charge on any atom is -0.339 e. The maximum Gasteiger partial charge on any atom is 0.278 e. The standard InChI is InChI=1S/C7H7N5O/c1-2-8-7-11-5-4(6(13)12-7)9-3-10-5/h2-3H,1H2,(H3,8,9,10,11,12,13). The Morgan fingerprint density at radius 1 is 1.62 bits per heavy atom. The van der Waals surface area contributed by atoms with E-state index in [-0.39, 0.29) is 5.56 Å². The van der Waals surface area contributed by atoms with Crippen molar-refractivity contribution >= 4 is 17.1 Å². The first-order valence-electron chi connectivity index (χ1n) is 3.62. The number of rotatable bonds is 2. The summed E-state index contributed by atoms with van der Waals surface area (Å²) in [6.07, 6.45) is 2.85. The second-order valence-electron chi connectivity index (χ2n) is 2.36. The molecule has 0 aromatic carbocycles. The molecule has 0 saturated heterocycles. The fourth-order valence-electron chi connectivity index (χ4n) is 1.01. The molecule has 0 saturated carbocycles. The molecule has 0 atom stereocenters. The monoisotopic (exact) mass is 177 g/mol. The third-order valence-electron chi connectivity index (χ3n) is 1.53. The van der Waals surface area contributed by atoms with Gasteiger partial charge in [0.2, 0.25) is 5.95 Å². The normalized spacial score (nSPS) is 10.2. The zero-order valence-electron chi connectivity index (χ0n) is 6.66. The second kappa shape index (κ2) is 2.74. The zero-order valence-corrected chi connectivity index (χ0v) is 6.66. The van der Waals surface area contributed by atoms with Gasteiger partial charge in [-0.25, -0.2) is 4.98 Å². The molecule has 3 N–H and O–H groups in total. The van der Waals surface area contributed by atoms with Crippen LogP contribution in [0, 0.1) is 0 Å². The molecule has 0 aliphatic rings. The number of nitrogens with zero attached hydrogens (tertiary/aromatic N) is 2. The highest BCUT2D eigenvalue weighted by Crippen LogP contribution is 2.01. The molecule has 0 aliphatic heterocycles. The Bertz CT molecular complexity index is 497. The number of anilines is 1. The molecule has 0 unspecified atom stereocenters. The van der Waals surface area contributed by atoms with Gasteiger partial charge >= 0.3 is 0 Å². The van der Waals surface area contributed by atoms with E-state index in [9.17, 15) is 4.79 Å². The van der Waals surface area contributed by atoms with Gasteiger partial charge < -0.3 is 10.3 Å². The average molecular weight is 177 g/mol. The maximum atomic E-state index is 11.3. The van der Waals surface area contributed by atoms with Gasteiger partial charge in [0.25, 0.3) is 5.56 Å². The molecule has 2 aromatic heterocycles. The van der Waals surface area contributed by atoms with Crippen LogP contribution in [0.2, 0.25) is 0 Å². The van der Waals surface area contributed by atoms with Gasteiger partial charge in [0.05, 0.1) is 6.33 Å². The molecule has 0 amide bonds. The average Bonchev–Trinajstić information content (AvgIpc) is 2.53. The van der Waals surface area contributed by atoms with Crippen LogP contribution in [0.5, 0.6) is 0 Å². The van der Waals surface area contributed by atoms with Crippen LogP contribution in [-0.4, -0.2) is 19.9 Å². The van der Waals surface area contributed by atoms with E-state index in [0.29, 0.717) is 17.1 Å². The molecule has 0 radical (unpaired) electrons. The van der Waals surface area contributed by atoms with Crippen LogP contribution in [-0.2, 0) is 0 Å². The lowest BCUT2D eigenvalue weighted by Crippen LogP contribution is -2.10. The molecule has 0 bridgehead atoms. The fraction of sp³-hybridized carbons (Fsp3) is 0. The van der Waals surface area contributed by atoms with E-state index in [4.69, 9.17) is 0 Å². The van der Waals surface area contributed by atoms with Crippen LogP contribution < -0.4 is 10.9 Å². The Hall–Kier alpha value is -2.11. The lowest BCUT2D eigenvalue weighted by Gasteiger charge is -1.96. The number of aromatic nitrogens is 4. The van der Waals surface area contributed by atoms with Crippen LogP contribution in [0.1, 0.15) is 0 Å². The number of fused-ring (bicyclic) bond motifs is 1. The predicted molar refractivity (Wildman–Crippen MR) is 48.3 cm³/mol. The van der Waals surface area contributed by atoms with E-state index in [0.717, 1.165) is 0 Å². The number of hydrogen-bond donors (Lipinski definition) is 3. The van der Waals surface area contributed by atoms with E-state index in [1.54, 1.807) is 0 Å². The fourth-order valence-corrected chi connectivity index (χ4v) is 1.01. The Morgan fingerprint density at radius 2 is 2.46 bits per heavy atom. The molecule has 2 rings (SSSR count). The molecule has 2 aromatic rings. The zero-order chi connectivity index (χ0) is 9.26. The molecule has 6 heteroatoms. The van der Waals surface area contributed by atoms with E-state index in [1.165, 1.54) is 12.5 Å². The van der Waals surface area contributed by atoms with Gasteiger partial charge in [-0.05, 0) is 6.20 Å². The van der Waals surface area contributed by atoms with Crippen LogP contribution >= 0.6 is 0 Å². The summed E-state index contributed by atoms with van der Waals surface area (Å²) in [7, 11) is 0. The van der Waals surface area contributed by atoms with Crippen molar-refractivity contribution in [2.24, 2.45) is 0 Å². The van der Waals surface area contributed by atoms with Crippen molar-refractivity contribution in [1.29, 1.82) is 0 Å². The Morgan fingerprint density at radius 3 is 3.23 bits per heavy atom. The van der Waals surface area contributed by atoms with Crippen LogP contribution in [0.3, 0.4) is 0 Å². The SMILES string of the molecule is C=CNc1nc2nc[nH]c2c(=O)[nH]1. The van der Waals surface area contributed by atoms with Crippen LogP contribution in [0.15, 0.2) is 23.9 Å². The van der Waals surface area contributed by atoms with Gasteiger partial charge in [0.15, 0.2) is 11.2 Å². The summed E-state index contributed by atoms with van der Waals surface area (Å²) in [5.41, 5.74) is 0.495. The molecule has 66 valence electrons. The number of aromatic amines is 2. The van der Waals surface area contributed by atoms with E-state index >= 15 is 0 Å². The molecular formula is C7H7N5O. The van der Waals surface area contributed by atoms with Gasteiger partial charge in [-0.15, -0.1) is 0 Å². The Labute approximate surface area is 72.7 Å². The third kappa shape index (κ3) is 1.18. The van der Waals surface area contributed by atoms with Gasteiger partial charge in [-0.1, -0.05) is 6.58 Å². The van der Waals surface area contributed by atoms with Crippen LogP contribution in [0.25, 0.3) is 11.2 Å². The van der Waals surface area contributed by atoms with Crippen molar-refractivity contribution in [1.82, 2.24) is 19.9 Å². The minimum atomic E-state index is -0.258. The van der Waals surface area contributed by atoms with Gasteiger partial charge in [-0.2, -0.15) is 4.98 Å². The number of imidazole rings is 1. The summed E-state index contributed by atoms with van der Waals surface area (Å²) in [5.74, 6) is 0.333. The van der Waals surface area contributed by atoms with E-state index < -0.39 is 0 Å². The summed E-state index contributed by atoms with van der Waals surface area (Å²) in [4.78, 5) is 24.4. The molecule has 0 spiro atoms. The number of H-pyrrole nitrogens is 2. The largest absolute Gasteiger partial charge is 0.339 e. The van der Waals surface area contributed by atoms with Gasteiger partial charge in [0, 0.05) is 0 Å². The topological polar surface area (TPSA) is 86.5 Å². The Kier molecular flexibility index (Phi) is 1.59. The molecule has 6 nitrogen and oxygen atoms in total. The van der Waals surface area contributed by atoms with Gasteiger partial charge in [-0.3, -0.25) is 9.78 Å². The molecule has 2 heterocycles. The van der Waals surface area contributed by atoms with E-state index in [1.807, 2.05) is 0 Å². The third-order valence-corrected chi connectivity index (χ3v) is 1.53. The lowest BCUT2D eigenvalue weighted by atomic mass is 10.5. The highest BCUT2D eigenvalue weighted by molar-refractivity contribution is 5.69. The van der Waals surface area contributed by atoms with Crippen molar-refractivity contribution in [3.05, 3.63) is 29.5 Å². The van der Waals surface area contributed by atoms with Crippen molar-refractivity contribution in [2.45, 2.75) is 0 Å². The molecule has 13 heavy (non-hydrogen) atoms. The molecule has 0 aliphatic carbocycles.